The molecule has 1 atom stereocenters. The lowest BCUT2D eigenvalue weighted by Gasteiger charge is -2.22. The summed E-state index contributed by atoms with van der Waals surface area (Å²) in [6.45, 7) is 7.41. The molecule has 0 spiro atoms. The van der Waals surface area contributed by atoms with E-state index in [1.54, 1.807) is 11.3 Å². The van der Waals surface area contributed by atoms with Gasteiger partial charge in [0, 0.05) is 11.4 Å². The van der Waals surface area contributed by atoms with Gasteiger partial charge in [0.2, 0.25) is 0 Å². The standard InChI is InChI=1S/C15H21N3S/c1-4-16-13-8-5-9-14(17-13)18-15(11(2)3)12-7-6-10-19-12/h5-11,15H,4H2,1-3H3,(H2,16,17,18). The fourth-order valence-electron chi connectivity index (χ4n) is 1.99. The minimum absolute atomic E-state index is 0.310. The molecule has 3 nitrogen and oxygen atoms in total. The highest BCUT2D eigenvalue weighted by atomic mass is 32.1. The van der Waals surface area contributed by atoms with E-state index in [1.165, 1.54) is 4.88 Å². The van der Waals surface area contributed by atoms with Gasteiger partial charge in [0.25, 0.3) is 0 Å². The maximum absolute atomic E-state index is 4.58. The van der Waals surface area contributed by atoms with Gasteiger partial charge in [-0.25, -0.2) is 4.98 Å². The van der Waals surface area contributed by atoms with Crippen LogP contribution >= 0.6 is 11.3 Å². The van der Waals surface area contributed by atoms with E-state index < -0.39 is 0 Å². The Morgan fingerprint density at radius 3 is 2.58 bits per heavy atom. The van der Waals surface area contributed by atoms with Crippen molar-refractivity contribution in [2.24, 2.45) is 5.92 Å². The molecule has 2 aromatic heterocycles. The molecule has 0 aliphatic carbocycles. The average molecular weight is 275 g/mol. The molecule has 4 heteroatoms. The number of nitrogens with one attached hydrogen (secondary N) is 2. The summed E-state index contributed by atoms with van der Waals surface area (Å²) < 4.78 is 0. The number of anilines is 2. The maximum atomic E-state index is 4.58. The van der Waals surface area contributed by atoms with Gasteiger partial charge in [-0.05, 0) is 36.4 Å². The molecule has 1 unspecified atom stereocenters. The third-order valence-corrected chi connectivity index (χ3v) is 3.88. The number of pyridine rings is 1. The van der Waals surface area contributed by atoms with Crippen LogP contribution in [0.5, 0.6) is 0 Å². The van der Waals surface area contributed by atoms with E-state index in [0.717, 1.165) is 18.2 Å². The molecule has 2 aromatic rings. The van der Waals surface area contributed by atoms with Gasteiger partial charge < -0.3 is 10.6 Å². The van der Waals surface area contributed by atoms with Crippen LogP contribution in [0.4, 0.5) is 11.6 Å². The summed E-state index contributed by atoms with van der Waals surface area (Å²) in [7, 11) is 0. The zero-order valence-corrected chi connectivity index (χ0v) is 12.5. The van der Waals surface area contributed by atoms with Crippen molar-refractivity contribution in [2.75, 3.05) is 17.2 Å². The molecule has 102 valence electrons. The predicted molar refractivity (Wildman–Crippen MR) is 83.9 cm³/mol. The Kier molecular flexibility index (Phi) is 4.80. The molecule has 0 radical (unpaired) electrons. The molecule has 0 aromatic carbocycles. The van der Waals surface area contributed by atoms with Crippen LogP contribution in [0.25, 0.3) is 0 Å². The second-order valence-electron chi connectivity index (χ2n) is 4.82. The van der Waals surface area contributed by atoms with Crippen molar-refractivity contribution in [3.05, 3.63) is 40.6 Å². The number of nitrogens with zero attached hydrogens (tertiary/aromatic N) is 1. The van der Waals surface area contributed by atoms with Crippen LogP contribution in [0.3, 0.4) is 0 Å². The lowest BCUT2D eigenvalue weighted by atomic mass is 10.0. The van der Waals surface area contributed by atoms with Crippen molar-refractivity contribution >= 4 is 23.0 Å². The summed E-state index contributed by atoms with van der Waals surface area (Å²) in [6.07, 6.45) is 0. The van der Waals surface area contributed by atoms with Gasteiger partial charge in [0.15, 0.2) is 0 Å². The van der Waals surface area contributed by atoms with E-state index in [1.807, 2.05) is 18.2 Å². The normalized spacial score (nSPS) is 12.4. The Morgan fingerprint density at radius 2 is 1.95 bits per heavy atom. The molecule has 0 aliphatic rings. The largest absolute Gasteiger partial charge is 0.370 e. The quantitative estimate of drug-likeness (QED) is 0.821. The molecule has 2 rings (SSSR count). The first-order chi connectivity index (χ1) is 9.20. The molecule has 19 heavy (non-hydrogen) atoms. The third kappa shape index (κ3) is 3.70. The lowest BCUT2D eigenvalue weighted by molar-refractivity contribution is 0.552. The number of rotatable bonds is 6. The van der Waals surface area contributed by atoms with Gasteiger partial charge in [-0.15, -0.1) is 11.3 Å². The molecule has 0 saturated carbocycles. The zero-order valence-electron chi connectivity index (χ0n) is 11.7. The summed E-state index contributed by atoms with van der Waals surface area (Å²) in [5, 5.41) is 8.90. The van der Waals surface area contributed by atoms with Crippen LogP contribution in [-0.2, 0) is 0 Å². The Bertz CT molecular complexity index is 494. The maximum Gasteiger partial charge on any atom is 0.128 e. The predicted octanol–water partition coefficient (Wildman–Crippen LogP) is 4.38. The average Bonchev–Trinajstić information content (AvgIpc) is 2.90. The van der Waals surface area contributed by atoms with E-state index >= 15 is 0 Å². The first-order valence-electron chi connectivity index (χ1n) is 6.71. The minimum Gasteiger partial charge on any atom is -0.370 e. The van der Waals surface area contributed by atoms with Gasteiger partial charge in [0.05, 0.1) is 6.04 Å². The van der Waals surface area contributed by atoms with Crippen molar-refractivity contribution in [1.82, 2.24) is 4.98 Å². The smallest absolute Gasteiger partial charge is 0.128 e. The number of aromatic nitrogens is 1. The molecule has 0 amide bonds. The number of hydrogen-bond donors (Lipinski definition) is 2. The zero-order chi connectivity index (χ0) is 13.7. The van der Waals surface area contributed by atoms with Crippen LogP contribution in [0.15, 0.2) is 35.7 Å². The lowest BCUT2D eigenvalue weighted by Crippen LogP contribution is -2.16. The Hall–Kier alpha value is -1.55. The fourth-order valence-corrected chi connectivity index (χ4v) is 2.94. The second kappa shape index (κ2) is 6.57. The number of hydrogen-bond acceptors (Lipinski definition) is 4. The summed E-state index contributed by atoms with van der Waals surface area (Å²) in [6, 6.07) is 10.6. The van der Waals surface area contributed by atoms with E-state index in [4.69, 9.17) is 0 Å². The summed E-state index contributed by atoms with van der Waals surface area (Å²) in [5.41, 5.74) is 0. The molecular formula is C15H21N3S. The highest BCUT2D eigenvalue weighted by Crippen LogP contribution is 2.29. The molecular weight excluding hydrogens is 254 g/mol. The monoisotopic (exact) mass is 275 g/mol. The highest BCUT2D eigenvalue weighted by Gasteiger charge is 2.17. The first-order valence-corrected chi connectivity index (χ1v) is 7.59. The summed E-state index contributed by atoms with van der Waals surface area (Å²) >= 11 is 1.79. The third-order valence-electron chi connectivity index (χ3n) is 2.93. The molecule has 0 saturated heterocycles. The Morgan fingerprint density at radius 1 is 1.16 bits per heavy atom. The van der Waals surface area contributed by atoms with Crippen LogP contribution in [0.2, 0.25) is 0 Å². The van der Waals surface area contributed by atoms with Crippen LogP contribution < -0.4 is 10.6 Å². The van der Waals surface area contributed by atoms with E-state index in [9.17, 15) is 0 Å². The van der Waals surface area contributed by atoms with Gasteiger partial charge >= 0.3 is 0 Å². The summed E-state index contributed by atoms with van der Waals surface area (Å²) in [4.78, 5) is 5.93. The van der Waals surface area contributed by atoms with Gasteiger partial charge in [-0.2, -0.15) is 0 Å². The summed E-state index contributed by atoms with van der Waals surface area (Å²) in [5.74, 6) is 2.36. The van der Waals surface area contributed by atoms with Crippen molar-refractivity contribution < 1.29 is 0 Å². The molecule has 2 N–H and O–H groups in total. The number of thiophene rings is 1. The topological polar surface area (TPSA) is 37.0 Å². The molecule has 2 heterocycles. The minimum atomic E-state index is 0.310. The van der Waals surface area contributed by atoms with Crippen molar-refractivity contribution in [2.45, 2.75) is 26.8 Å². The molecule has 0 fully saturated rings. The van der Waals surface area contributed by atoms with Crippen LogP contribution in [-0.4, -0.2) is 11.5 Å². The fraction of sp³-hybridized carbons (Fsp3) is 0.400. The second-order valence-corrected chi connectivity index (χ2v) is 5.80. The van der Waals surface area contributed by atoms with Crippen molar-refractivity contribution in [3.63, 3.8) is 0 Å². The highest BCUT2D eigenvalue weighted by molar-refractivity contribution is 7.10. The van der Waals surface area contributed by atoms with Gasteiger partial charge in [0.1, 0.15) is 11.6 Å². The van der Waals surface area contributed by atoms with Gasteiger partial charge in [-0.1, -0.05) is 26.0 Å². The van der Waals surface area contributed by atoms with E-state index in [0.29, 0.717) is 12.0 Å². The SMILES string of the molecule is CCNc1cccc(NC(c2cccs2)C(C)C)n1. The first kappa shape index (κ1) is 13.9. The van der Waals surface area contributed by atoms with E-state index in [-0.39, 0.29) is 0 Å². The van der Waals surface area contributed by atoms with E-state index in [2.05, 4.69) is 53.9 Å². The molecule has 0 bridgehead atoms. The van der Waals surface area contributed by atoms with Crippen molar-refractivity contribution in [3.8, 4) is 0 Å². The Labute approximate surface area is 119 Å². The van der Waals surface area contributed by atoms with Gasteiger partial charge in [-0.3, -0.25) is 0 Å². The van der Waals surface area contributed by atoms with Crippen LogP contribution in [0, 0.1) is 5.92 Å². The van der Waals surface area contributed by atoms with Crippen LogP contribution in [0.1, 0.15) is 31.7 Å². The Balaban J connectivity index is 2.15. The molecule has 0 aliphatic heterocycles. The van der Waals surface area contributed by atoms with Crippen molar-refractivity contribution in [1.29, 1.82) is 0 Å².